The number of nitrogens with zero attached hydrogens (tertiary/aromatic N) is 4. The van der Waals surface area contributed by atoms with Gasteiger partial charge in [-0.05, 0) is 13.0 Å². The first-order chi connectivity index (χ1) is 5.38. The Kier molecular flexibility index (Phi) is 1.25. The van der Waals surface area contributed by atoms with E-state index in [0.717, 1.165) is 11.5 Å². The number of hydrogen-bond donors (Lipinski definition) is 0. The van der Waals surface area contributed by atoms with Crippen molar-refractivity contribution in [3.05, 3.63) is 30.2 Å². The molecular weight excluding hydrogens is 140 g/mol. The molecule has 0 bridgehead atoms. The lowest BCUT2D eigenvalue weighted by Gasteiger charge is -1.97. The standard InChI is InChI=1S/C7H7N4/c1-6-2-5-9-11(6)7-3-4-8-10-7/h2-5H,1H3. The summed E-state index contributed by atoms with van der Waals surface area (Å²) in [6, 6.07) is 1.93. The Labute approximate surface area is 64.2 Å². The molecule has 4 nitrogen and oxygen atoms in total. The molecule has 1 aliphatic heterocycles. The van der Waals surface area contributed by atoms with Crippen molar-refractivity contribution >= 4 is 5.84 Å². The molecule has 1 aliphatic rings. The van der Waals surface area contributed by atoms with Gasteiger partial charge < -0.3 is 0 Å². The fourth-order valence-corrected chi connectivity index (χ4v) is 0.948. The second kappa shape index (κ2) is 2.23. The molecule has 0 saturated carbocycles. The van der Waals surface area contributed by atoms with Gasteiger partial charge in [0.05, 0.1) is 6.20 Å². The van der Waals surface area contributed by atoms with Gasteiger partial charge in [-0.25, -0.2) is 4.68 Å². The summed E-state index contributed by atoms with van der Waals surface area (Å²) in [6.07, 6.45) is 5.21. The Morgan fingerprint density at radius 2 is 2.36 bits per heavy atom. The van der Waals surface area contributed by atoms with Crippen LogP contribution in [0.1, 0.15) is 5.69 Å². The molecule has 0 aromatic carbocycles. The number of aryl methyl sites for hydroxylation is 1. The molecule has 2 rings (SSSR count). The lowest BCUT2D eigenvalue weighted by Crippen LogP contribution is -2.10. The first-order valence-electron chi connectivity index (χ1n) is 3.33. The van der Waals surface area contributed by atoms with E-state index in [1.807, 2.05) is 19.1 Å². The van der Waals surface area contributed by atoms with E-state index in [2.05, 4.69) is 15.6 Å². The number of rotatable bonds is 0. The quantitative estimate of drug-likeness (QED) is 0.526. The molecule has 0 amide bonds. The first-order valence-corrected chi connectivity index (χ1v) is 3.33. The van der Waals surface area contributed by atoms with Gasteiger partial charge in [0.1, 0.15) is 0 Å². The molecule has 2 heterocycles. The number of allylic oxidation sites excluding steroid dienone is 1. The maximum atomic E-state index is 4.07. The maximum absolute atomic E-state index is 4.07. The van der Waals surface area contributed by atoms with Gasteiger partial charge in [0.15, 0.2) is 5.84 Å². The Morgan fingerprint density at radius 3 is 2.91 bits per heavy atom. The zero-order valence-corrected chi connectivity index (χ0v) is 6.10. The highest BCUT2D eigenvalue weighted by atomic mass is 15.4. The Bertz CT molecular complexity index is 321. The van der Waals surface area contributed by atoms with Gasteiger partial charge in [-0.1, -0.05) is 0 Å². The number of aromatic nitrogens is 2. The zero-order valence-electron chi connectivity index (χ0n) is 6.10. The average Bonchev–Trinajstić information content (AvgIpc) is 2.55. The third kappa shape index (κ3) is 0.920. The highest BCUT2D eigenvalue weighted by molar-refractivity contribution is 5.95. The van der Waals surface area contributed by atoms with Crippen molar-refractivity contribution in [2.75, 3.05) is 0 Å². The van der Waals surface area contributed by atoms with E-state index < -0.39 is 0 Å². The first kappa shape index (κ1) is 6.15. The normalized spacial score (nSPS) is 14.8. The average molecular weight is 147 g/mol. The fourth-order valence-electron chi connectivity index (χ4n) is 0.948. The van der Waals surface area contributed by atoms with Crippen LogP contribution in [0.15, 0.2) is 29.6 Å². The summed E-state index contributed by atoms with van der Waals surface area (Å²) in [6.45, 7) is 1.97. The molecule has 0 spiro atoms. The van der Waals surface area contributed by atoms with Gasteiger partial charge >= 0.3 is 0 Å². The largest absolute Gasteiger partial charge is 0.218 e. The Balaban J connectivity index is 2.43. The third-order valence-corrected chi connectivity index (χ3v) is 1.50. The van der Waals surface area contributed by atoms with Crippen LogP contribution in [-0.4, -0.2) is 15.6 Å². The van der Waals surface area contributed by atoms with Crippen LogP contribution in [0.25, 0.3) is 0 Å². The monoisotopic (exact) mass is 147 g/mol. The van der Waals surface area contributed by atoms with Gasteiger partial charge in [-0.15, -0.1) is 5.10 Å². The minimum absolute atomic E-state index is 0.771. The second-order valence-electron chi connectivity index (χ2n) is 2.27. The van der Waals surface area contributed by atoms with Gasteiger partial charge in [0.25, 0.3) is 0 Å². The molecular formula is C7H7N4. The summed E-state index contributed by atoms with van der Waals surface area (Å²) in [7, 11) is 0. The molecule has 0 N–H and O–H groups in total. The van der Waals surface area contributed by atoms with Gasteiger partial charge in [0, 0.05) is 18.0 Å². The van der Waals surface area contributed by atoms with Crippen LogP contribution in [0, 0.1) is 6.92 Å². The lowest BCUT2D eigenvalue weighted by molar-refractivity contribution is 0.876. The molecule has 55 valence electrons. The Morgan fingerprint density at radius 1 is 1.45 bits per heavy atom. The zero-order chi connectivity index (χ0) is 7.68. The molecule has 0 unspecified atom stereocenters. The predicted octanol–water partition coefficient (Wildman–Crippen LogP) is 0.485. The molecule has 0 atom stereocenters. The van der Waals surface area contributed by atoms with Crippen LogP contribution < -0.4 is 5.43 Å². The van der Waals surface area contributed by atoms with Crippen molar-refractivity contribution < 1.29 is 0 Å². The van der Waals surface area contributed by atoms with E-state index in [4.69, 9.17) is 0 Å². The Hall–Kier alpha value is -1.58. The summed E-state index contributed by atoms with van der Waals surface area (Å²) >= 11 is 0. The molecule has 11 heavy (non-hydrogen) atoms. The van der Waals surface area contributed by atoms with Gasteiger partial charge in [0.2, 0.25) is 0 Å². The second-order valence-corrected chi connectivity index (χ2v) is 2.27. The maximum Gasteiger partial charge on any atom is 0.177 e. The molecule has 4 heteroatoms. The van der Waals surface area contributed by atoms with Gasteiger partial charge in [-0.3, -0.25) is 0 Å². The van der Waals surface area contributed by atoms with Crippen molar-refractivity contribution in [3.8, 4) is 0 Å². The van der Waals surface area contributed by atoms with Crippen LogP contribution in [0.3, 0.4) is 0 Å². The van der Waals surface area contributed by atoms with Gasteiger partial charge in [-0.2, -0.15) is 10.5 Å². The summed E-state index contributed by atoms with van der Waals surface area (Å²) in [5.41, 5.74) is 4.77. The topological polar surface area (TPSA) is 44.3 Å². The van der Waals surface area contributed by atoms with E-state index >= 15 is 0 Å². The van der Waals surface area contributed by atoms with E-state index in [1.165, 1.54) is 0 Å². The van der Waals surface area contributed by atoms with E-state index in [1.54, 1.807) is 17.1 Å². The van der Waals surface area contributed by atoms with Crippen LogP contribution in [0.2, 0.25) is 0 Å². The molecule has 0 saturated heterocycles. The van der Waals surface area contributed by atoms with Crippen molar-refractivity contribution in [1.82, 2.24) is 15.2 Å². The van der Waals surface area contributed by atoms with Crippen LogP contribution in [0.4, 0.5) is 0 Å². The van der Waals surface area contributed by atoms with E-state index in [9.17, 15) is 0 Å². The molecule has 1 aromatic rings. The van der Waals surface area contributed by atoms with Crippen molar-refractivity contribution in [3.63, 3.8) is 0 Å². The van der Waals surface area contributed by atoms with Crippen LogP contribution in [-0.2, 0) is 0 Å². The highest BCUT2D eigenvalue weighted by Gasteiger charge is 2.05. The number of hydrogen-bond acceptors (Lipinski definition) is 2. The fraction of sp³-hybridized carbons (Fsp3) is 0.143. The van der Waals surface area contributed by atoms with Crippen molar-refractivity contribution in [2.45, 2.75) is 6.92 Å². The van der Waals surface area contributed by atoms with Crippen molar-refractivity contribution in [2.24, 2.45) is 5.10 Å². The van der Waals surface area contributed by atoms with Crippen LogP contribution in [0.5, 0.6) is 0 Å². The summed E-state index contributed by atoms with van der Waals surface area (Å²) < 4.78 is 1.74. The third-order valence-electron chi connectivity index (χ3n) is 1.50. The minimum Gasteiger partial charge on any atom is -0.218 e. The SMILES string of the molecule is Cc1ccnn1C1=N[N]C=C1. The minimum atomic E-state index is 0.771. The van der Waals surface area contributed by atoms with Crippen molar-refractivity contribution in [1.29, 1.82) is 0 Å². The smallest absolute Gasteiger partial charge is 0.177 e. The molecule has 1 radical (unpaired) electrons. The molecule has 0 fully saturated rings. The summed E-state index contributed by atoms with van der Waals surface area (Å²) in [4.78, 5) is 0. The summed E-state index contributed by atoms with van der Waals surface area (Å²) in [5, 5.41) is 7.94. The molecule has 1 aromatic heterocycles. The lowest BCUT2D eigenvalue weighted by atomic mass is 10.4. The predicted molar refractivity (Wildman–Crippen MR) is 41.1 cm³/mol. The summed E-state index contributed by atoms with van der Waals surface area (Å²) in [5.74, 6) is 0.771. The molecule has 0 aliphatic carbocycles. The highest BCUT2D eigenvalue weighted by Crippen LogP contribution is 1.99. The van der Waals surface area contributed by atoms with E-state index in [0.29, 0.717) is 0 Å². The van der Waals surface area contributed by atoms with E-state index in [-0.39, 0.29) is 0 Å². The van der Waals surface area contributed by atoms with Crippen LogP contribution >= 0.6 is 0 Å².